The third-order valence-electron chi connectivity index (χ3n) is 4.37. The van der Waals surface area contributed by atoms with Crippen molar-refractivity contribution >= 4 is 11.8 Å². The number of β-amino-alcohol motifs (C(OH)–C–C–N with tert-alkyl or cyclic N) is 1. The molecule has 0 spiro atoms. The van der Waals surface area contributed by atoms with Crippen LogP contribution >= 0.6 is 0 Å². The smallest absolute Gasteiger partial charge is 0.246 e. The molecule has 1 aromatic heterocycles. The van der Waals surface area contributed by atoms with Gasteiger partial charge in [0.2, 0.25) is 11.8 Å². The second kappa shape index (κ2) is 7.49. The van der Waals surface area contributed by atoms with Crippen molar-refractivity contribution in [3.63, 3.8) is 0 Å². The highest BCUT2D eigenvalue weighted by Crippen LogP contribution is 2.31. The zero-order valence-corrected chi connectivity index (χ0v) is 14.5. The zero-order valence-electron chi connectivity index (χ0n) is 14.5. The van der Waals surface area contributed by atoms with Crippen LogP contribution in [0.25, 0.3) is 11.4 Å². The zero-order chi connectivity index (χ0) is 18.7. The van der Waals surface area contributed by atoms with Gasteiger partial charge in [0.25, 0.3) is 0 Å². The normalized spacial score (nSPS) is 19.4. The lowest BCUT2D eigenvalue weighted by molar-refractivity contribution is -0.138. The molecule has 1 aliphatic heterocycles. The maximum Gasteiger partial charge on any atom is 0.246 e. The number of likely N-dealkylation sites (N-methyl/N-ethyl adjacent to an activating group) is 1. The van der Waals surface area contributed by atoms with Crippen LogP contribution in [0.3, 0.4) is 0 Å². The Labute approximate surface area is 151 Å². The van der Waals surface area contributed by atoms with Crippen LogP contribution in [0.15, 0.2) is 43.0 Å². The molecule has 26 heavy (non-hydrogen) atoms. The minimum atomic E-state index is -0.644. The van der Waals surface area contributed by atoms with Crippen LogP contribution in [0.2, 0.25) is 0 Å². The number of hydrogen-bond donors (Lipinski definition) is 2. The minimum Gasteiger partial charge on any atom is -0.391 e. The Balaban J connectivity index is 1.78. The van der Waals surface area contributed by atoms with E-state index in [0.29, 0.717) is 18.1 Å². The van der Waals surface area contributed by atoms with Crippen LogP contribution in [-0.2, 0) is 9.59 Å². The maximum absolute atomic E-state index is 12.6. The van der Waals surface area contributed by atoms with Crippen LogP contribution < -0.4 is 0 Å². The molecule has 3 rings (SSSR count). The predicted octanol–water partition coefficient (Wildman–Crippen LogP) is 0.750. The first-order chi connectivity index (χ1) is 12.5. The second-order valence-corrected chi connectivity index (χ2v) is 6.26. The van der Waals surface area contributed by atoms with E-state index in [1.54, 1.807) is 0 Å². The van der Waals surface area contributed by atoms with Crippen molar-refractivity contribution in [2.45, 2.75) is 18.6 Å². The van der Waals surface area contributed by atoms with Gasteiger partial charge in [0.15, 0.2) is 5.82 Å². The molecule has 0 unspecified atom stereocenters. The number of hydrogen-bond acceptors (Lipinski definition) is 5. The number of aromatic amines is 1. The van der Waals surface area contributed by atoms with E-state index in [4.69, 9.17) is 0 Å². The van der Waals surface area contributed by atoms with Gasteiger partial charge in [-0.1, -0.05) is 36.9 Å². The average molecular weight is 355 g/mol. The van der Waals surface area contributed by atoms with E-state index >= 15 is 0 Å². The second-order valence-electron chi connectivity index (χ2n) is 6.26. The summed E-state index contributed by atoms with van der Waals surface area (Å²) in [6, 6.07) is 9.09. The number of nitrogens with one attached hydrogen (secondary N) is 1. The molecule has 0 saturated carbocycles. The van der Waals surface area contributed by atoms with Gasteiger partial charge in [-0.2, -0.15) is 5.10 Å². The van der Waals surface area contributed by atoms with Crippen molar-refractivity contribution in [3.8, 4) is 11.4 Å². The summed E-state index contributed by atoms with van der Waals surface area (Å²) in [5, 5.41) is 17.1. The summed E-state index contributed by atoms with van der Waals surface area (Å²) in [5.41, 5.74) is 0.864. The quantitative estimate of drug-likeness (QED) is 0.771. The Bertz CT molecular complexity index is 804. The number of likely N-dealkylation sites (tertiary alicyclic amines) is 1. The number of amides is 2. The van der Waals surface area contributed by atoms with Gasteiger partial charge in [-0.25, -0.2) is 4.98 Å². The number of carbonyl (C=O) groups excluding carboxylic acids is 2. The summed E-state index contributed by atoms with van der Waals surface area (Å²) in [5.74, 6) is 0.461. The van der Waals surface area contributed by atoms with E-state index < -0.39 is 12.1 Å². The highest BCUT2D eigenvalue weighted by atomic mass is 16.3. The summed E-state index contributed by atoms with van der Waals surface area (Å²) >= 11 is 0. The van der Waals surface area contributed by atoms with Gasteiger partial charge < -0.3 is 14.9 Å². The van der Waals surface area contributed by atoms with Gasteiger partial charge in [-0.15, -0.1) is 0 Å². The predicted molar refractivity (Wildman–Crippen MR) is 94.7 cm³/mol. The number of rotatable bonds is 5. The molecule has 1 saturated heterocycles. The Morgan fingerprint density at radius 3 is 2.85 bits per heavy atom. The summed E-state index contributed by atoms with van der Waals surface area (Å²) in [4.78, 5) is 31.5. The topological polar surface area (TPSA) is 102 Å². The first-order valence-corrected chi connectivity index (χ1v) is 8.32. The molecule has 2 heterocycles. The molecule has 136 valence electrons. The van der Waals surface area contributed by atoms with Gasteiger partial charge in [-0.05, 0) is 6.08 Å². The molecule has 1 fully saturated rings. The molecular formula is C18H21N5O3. The van der Waals surface area contributed by atoms with Gasteiger partial charge in [0.05, 0.1) is 18.7 Å². The van der Waals surface area contributed by atoms with E-state index in [1.165, 1.54) is 16.8 Å². The molecule has 2 aromatic rings. The van der Waals surface area contributed by atoms with Crippen LogP contribution in [0.5, 0.6) is 0 Å². The fraction of sp³-hybridized carbons (Fsp3) is 0.333. The lowest BCUT2D eigenvalue weighted by atomic mass is 10.2. The molecule has 2 N–H and O–H groups in total. The Morgan fingerprint density at radius 2 is 2.15 bits per heavy atom. The van der Waals surface area contributed by atoms with E-state index in [1.807, 2.05) is 30.3 Å². The minimum absolute atomic E-state index is 0.0895. The van der Waals surface area contributed by atoms with Crippen molar-refractivity contribution in [2.75, 3.05) is 20.1 Å². The molecular weight excluding hydrogens is 334 g/mol. The van der Waals surface area contributed by atoms with Crippen molar-refractivity contribution in [2.24, 2.45) is 0 Å². The van der Waals surface area contributed by atoms with Gasteiger partial charge in [-0.3, -0.25) is 14.7 Å². The van der Waals surface area contributed by atoms with Crippen molar-refractivity contribution < 1.29 is 14.7 Å². The standard InChI is InChI=1S/C18H21N5O3/c1-3-15(25)22(2)11-16(26)23-10-13(24)9-14(23)18-19-17(20-21-18)12-7-5-4-6-8-12/h3-8,13-14,24H,1,9-11H2,2H3,(H,19,20,21)/t13-,14+/m1/s1. The molecule has 1 aliphatic rings. The molecule has 0 bridgehead atoms. The number of H-pyrrole nitrogens is 1. The monoisotopic (exact) mass is 355 g/mol. The van der Waals surface area contributed by atoms with Crippen LogP contribution in [0.4, 0.5) is 0 Å². The molecule has 2 atom stereocenters. The van der Waals surface area contributed by atoms with E-state index in [-0.39, 0.29) is 24.9 Å². The fourth-order valence-corrected chi connectivity index (χ4v) is 3.02. The third kappa shape index (κ3) is 3.65. The number of aliphatic hydroxyl groups excluding tert-OH is 1. The van der Waals surface area contributed by atoms with Crippen molar-refractivity contribution in [1.82, 2.24) is 25.0 Å². The average Bonchev–Trinajstić information content (AvgIpc) is 3.28. The van der Waals surface area contributed by atoms with Gasteiger partial charge in [0, 0.05) is 25.6 Å². The molecule has 8 nitrogen and oxygen atoms in total. The number of aliphatic hydroxyl groups is 1. The molecule has 0 aliphatic carbocycles. The lowest BCUT2D eigenvalue weighted by Gasteiger charge is -2.25. The highest BCUT2D eigenvalue weighted by Gasteiger charge is 2.37. The number of aromatic nitrogens is 3. The SMILES string of the molecule is C=CC(=O)N(C)CC(=O)N1C[C@H](O)C[C@H]1c1nc(-c2ccccc2)n[nH]1. The Morgan fingerprint density at radius 1 is 1.42 bits per heavy atom. The highest BCUT2D eigenvalue weighted by molar-refractivity contribution is 5.90. The molecule has 2 amide bonds. The third-order valence-corrected chi connectivity index (χ3v) is 4.37. The summed E-state index contributed by atoms with van der Waals surface area (Å²) in [6.07, 6.45) is 0.884. The summed E-state index contributed by atoms with van der Waals surface area (Å²) in [7, 11) is 1.53. The van der Waals surface area contributed by atoms with Gasteiger partial charge in [0.1, 0.15) is 5.82 Å². The fourth-order valence-electron chi connectivity index (χ4n) is 3.02. The maximum atomic E-state index is 12.6. The molecule has 0 radical (unpaired) electrons. The van der Waals surface area contributed by atoms with Crippen LogP contribution in [0.1, 0.15) is 18.3 Å². The van der Waals surface area contributed by atoms with Crippen molar-refractivity contribution in [3.05, 3.63) is 48.8 Å². The van der Waals surface area contributed by atoms with E-state index in [0.717, 1.165) is 11.6 Å². The molecule has 1 aromatic carbocycles. The van der Waals surface area contributed by atoms with Crippen LogP contribution in [0, 0.1) is 0 Å². The van der Waals surface area contributed by atoms with Gasteiger partial charge >= 0.3 is 0 Å². The molecule has 8 heteroatoms. The van der Waals surface area contributed by atoms with Crippen molar-refractivity contribution in [1.29, 1.82) is 0 Å². The summed E-state index contributed by atoms with van der Waals surface area (Å²) < 4.78 is 0. The summed E-state index contributed by atoms with van der Waals surface area (Å²) in [6.45, 7) is 3.52. The number of nitrogens with zero attached hydrogens (tertiary/aromatic N) is 4. The Kier molecular flexibility index (Phi) is 5.13. The van der Waals surface area contributed by atoms with Crippen LogP contribution in [-0.4, -0.2) is 68.1 Å². The first-order valence-electron chi connectivity index (χ1n) is 8.32. The van der Waals surface area contributed by atoms with E-state index in [2.05, 4.69) is 21.8 Å². The Hall–Kier alpha value is -3.00. The lowest BCUT2D eigenvalue weighted by Crippen LogP contribution is -2.41. The number of benzene rings is 1. The largest absolute Gasteiger partial charge is 0.391 e. The first kappa shape index (κ1) is 17.8. The van der Waals surface area contributed by atoms with E-state index in [9.17, 15) is 14.7 Å². The number of carbonyl (C=O) groups is 2.